The summed E-state index contributed by atoms with van der Waals surface area (Å²) in [5.41, 5.74) is 19.5. The Labute approximate surface area is 538 Å². The molecule has 4 heterocycles. The summed E-state index contributed by atoms with van der Waals surface area (Å²) in [6.07, 6.45) is 0. The maximum absolute atomic E-state index is 7.21. The van der Waals surface area contributed by atoms with Gasteiger partial charge >= 0.3 is 0 Å². The van der Waals surface area contributed by atoms with E-state index in [1.165, 1.54) is 5.39 Å². The van der Waals surface area contributed by atoms with Gasteiger partial charge in [-0.25, -0.2) is 0 Å². The van der Waals surface area contributed by atoms with Crippen molar-refractivity contribution < 1.29 is 17.7 Å². The lowest BCUT2D eigenvalue weighted by Crippen LogP contribution is -2.12. The summed E-state index contributed by atoms with van der Waals surface area (Å²) in [6.45, 7) is 0. The zero-order chi connectivity index (χ0) is 61.5. The van der Waals surface area contributed by atoms with Crippen molar-refractivity contribution in [3.63, 3.8) is 0 Å². The van der Waals surface area contributed by atoms with Crippen LogP contribution < -0.4 is 9.80 Å². The van der Waals surface area contributed by atoms with E-state index in [2.05, 4.69) is 301 Å². The van der Waals surface area contributed by atoms with E-state index >= 15 is 0 Å². The molecule has 6 nitrogen and oxygen atoms in total. The van der Waals surface area contributed by atoms with Crippen molar-refractivity contribution in [2.24, 2.45) is 0 Å². The lowest BCUT2D eigenvalue weighted by atomic mass is 9.93. The normalized spacial score (nSPS) is 12.0. The van der Waals surface area contributed by atoms with Crippen LogP contribution in [0, 0.1) is 0 Å². The molecule has 0 aliphatic carbocycles. The van der Waals surface area contributed by atoms with Crippen LogP contribution in [0.3, 0.4) is 0 Å². The molecule has 0 unspecified atom stereocenters. The molecule has 0 saturated carbocycles. The molecule has 0 atom stereocenters. The number of rotatable bonds is 9. The zero-order valence-electron chi connectivity index (χ0n) is 50.5. The van der Waals surface area contributed by atoms with Crippen molar-refractivity contribution in [2.75, 3.05) is 9.80 Å². The maximum Gasteiger partial charge on any atom is 0.143 e. The van der Waals surface area contributed by atoms with E-state index in [0.717, 1.165) is 193 Å². The van der Waals surface area contributed by atoms with Gasteiger partial charge in [0.25, 0.3) is 0 Å². The third kappa shape index (κ3) is 7.84. The van der Waals surface area contributed by atoms with Crippen LogP contribution in [0.15, 0.2) is 333 Å². The van der Waals surface area contributed by atoms with Crippen LogP contribution in [-0.4, -0.2) is 0 Å². The summed E-state index contributed by atoms with van der Waals surface area (Å²) < 4.78 is 26.8. The van der Waals surface area contributed by atoms with E-state index in [0.29, 0.717) is 0 Å². The van der Waals surface area contributed by atoms with Crippen molar-refractivity contribution in [3.05, 3.63) is 315 Å². The molecule has 0 radical (unpaired) electrons. The van der Waals surface area contributed by atoms with Crippen LogP contribution in [0.5, 0.6) is 0 Å². The third-order valence-corrected chi connectivity index (χ3v) is 19.4. The smallest absolute Gasteiger partial charge is 0.143 e. The number of furan rings is 4. The summed E-state index contributed by atoms with van der Waals surface area (Å²) in [5.74, 6) is 0. The van der Waals surface area contributed by atoms with Crippen molar-refractivity contribution in [3.8, 4) is 33.4 Å². The minimum absolute atomic E-state index is 0.824. The van der Waals surface area contributed by atoms with Gasteiger partial charge in [0.2, 0.25) is 0 Å². The molecular formula is C88H52N2O4. The molecule has 0 aliphatic rings. The fraction of sp³-hybridized carbons (Fsp3) is 0. The van der Waals surface area contributed by atoms with E-state index in [1.807, 2.05) is 24.3 Å². The first kappa shape index (κ1) is 52.2. The van der Waals surface area contributed by atoms with Crippen LogP contribution >= 0.6 is 0 Å². The third-order valence-electron chi connectivity index (χ3n) is 19.4. The first-order valence-corrected chi connectivity index (χ1v) is 32.0. The van der Waals surface area contributed by atoms with Crippen LogP contribution in [0.2, 0.25) is 0 Å². The molecule has 438 valence electrons. The molecule has 0 N–H and O–H groups in total. The van der Waals surface area contributed by atoms with Crippen LogP contribution in [-0.2, 0) is 0 Å². The highest BCUT2D eigenvalue weighted by atomic mass is 16.3. The minimum Gasteiger partial charge on any atom is -0.456 e. The van der Waals surface area contributed by atoms with Crippen molar-refractivity contribution in [1.82, 2.24) is 0 Å². The monoisotopic (exact) mass is 1200 g/mol. The van der Waals surface area contributed by atoms with Crippen LogP contribution in [0.4, 0.5) is 34.1 Å². The van der Waals surface area contributed by atoms with Gasteiger partial charge in [-0.15, -0.1) is 0 Å². The molecule has 0 spiro atoms. The second kappa shape index (κ2) is 20.4. The molecule has 16 aromatic carbocycles. The van der Waals surface area contributed by atoms with E-state index < -0.39 is 0 Å². The van der Waals surface area contributed by atoms with E-state index in [9.17, 15) is 0 Å². The molecular weight excluding hydrogens is 1150 g/mol. The van der Waals surface area contributed by atoms with E-state index in [-0.39, 0.29) is 0 Å². The Kier molecular flexibility index (Phi) is 11.3. The summed E-state index contributed by atoms with van der Waals surface area (Å²) >= 11 is 0. The SMILES string of the molecule is c1ccc(-c2ccccc2N(c2ccc3oc4ccccc4c3c2)c2cccc3c2ccc2ccc4oc5c(-c6cccc(-c7ccccc7N(c7cccc8c7ccc7ccc9oc%10ccccc%10c9c78)c7cccc8oc9ccccc9c78)c6)cccc5c4c23)cc1. The quantitative estimate of drug-likeness (QED) is 0.134. The van der Waals surface area contributed by atoms with Gasteiger partial charge in [-0.1, -0.05) is 224 Å². The lowest BCUT2D eigenvalue weighted by molar-refractivity contribution is 0.668. The molecule has 0 aliphatic heterocycles. The van der Waals surface area contributed by atoms with Gasteiger partial charge in [-0.05, 0) is 129 Å². The number of benzene rings is 16. The highest BCUT2D eigenvalue weighted by molar-refractivity contribution is 6.30. The van der Waals surface area contributed by atoms with Crippen LogP contribution in [0.25, 0.3) is 164 Å². The van der Waals surface area contributed by atoms with E-state index in [4.69, 9.17) is 17.7 Å². The Morgan fingerprint density at radius 1 is 0.191 bits per heavy atom. The van der Waals surface area contributed by atoms with Gasteiger partial charge < -0.3 is 27.5 Å². The van der Waals surface area contributed by atoms with Gasteiger partial charge in [0.05, 0.1) is 33.8 Å². The second-order valence-electron chi connectivity index (χ2n) is 24.5. The summed E-state index contributed by atoms with van der Waals surface area (Å²) in [7, 11) is 0. The first-order valence-electron chi connectivity index (χ1n) is 32.0. The molecule has 0 saturated heterocycles. The van der Waals surface area contributed by atoms with Crippen molar-refractivity contribution >= 4 is 165 Å². The Bertz CT molecular complexity index is 6520. The van der Waals surface area contributed by atoms with Gasteiger partial charge in [0, 0.05) is 81.6 Å². The average molecular weight is 1200 g/mol. The second-order valence-corrected chi connectivity index (χ2v) is 24.5. The van der Waals surface area contributed by atoms with Crippen molar-refractivity contribution in [1.29, 1.82) is 0 Å². The topological polar surface area (TPSA) is 59.0 Å². The molecule has 0 fully saturated rings. The largest absolute Gasteiger partial charge is 0.456 e. The molecule has 20 aromatic rings. The van der Waals surface area contributed by atoms with Crippen LogP contribution in [0.1, 0.15) is 0 Å². The highest BCUT2D eigenvalue weighted by Crippen LogP contribution is 2.52. The molecule has 20 rings (SSSR count). The highest BCUT2D eigenvalue weighted by Gasteiger charge is 2.27. The van der Waals surface area contributed by atoms with Gasteiger partial charge in [-0.2, -0.15) is 0 Å². The molecule has 6 heteroatoms. The number of fused-ring (bicyclic) bond motifs is 20. The lowest BCUT2D eigenvalue weighted by Gasteiger charge is -2.30. The van der Waals surface area contributed by atoms with Gasteiger partial charge in [0.1, 0.15) is 44.7 Å². The number of hydrogen-bond acceptors (Lipinski definition) is 6. The van der Waals surface area contributed by atoms with Gasteiger partial charge in [-0.3, -0.25) is 0 Å². The predicted octanol–water partition coefficient (Wildman–Crippen LogP) is 25.8. The number of anilines is 6. The minimum atomic E-state index is 0.824. The predicted molar refractivity (Wildman–Crippen MR) is 391 cm³/mol. The standard InChI is InChI=1S/C88H52N2O4/c1-2-19-53(20-3-1)59-23-4-9-32-71(59)89(58-45-50-79-70(52-58)64-25-6-11-37-76(64)91-79)73-34-16-29-65-62(73)46-41-55-44-49-82-87(84(55)65)69-31-15-28-61(88(69)94-82)57-22-14-21-56(51-57)60-24-5-10-33-72(60)90(75-36-18-40-80-85(75)67-26-7-12-38-77(67)92-80)74-35-17-30-66-63(74)47-42-54-43-48-81-86(83(54)66)68-27-8-13-39-78(68)93-81/h1-52H. The molecule has 0 bridgehead atoms. The Balaban J connectivity index is 0.763. The Morgan fingerprint density at radius 3 is 1.32 bits per heavy atom. The van der Waals surface area contributed by atoms with Gasteiger partial charge in [0.15, 0.2) is 0 Å². The fourth-order valence-electron chi connectivity index (χ4n) is 15.3. The van der Waals surface area contributed by atoms with E-state index in [1.54, 1.807) is 0 Å². The maximum atomic E-state index is 7.21. The fourth-order valence-corrected chi connectivity index (χ4v) is 15.3. The average Bonchev–Trinajstić information content (AvgIpc) is 1.51. The molecule has 0 amide bonds. The summed E-state index contributed by atoms with van der Waals surface area (Å²) in [5, 5.41) is 17.7. The Hall–Kier alpha value is -12.6. The molecule has 94 heavy (non-hydrogen) atoms. The molecule has 4 aromatic heterocycles. The summed E-state index contributed by atoms with van der Waals surface area (Å²) in [6, 6.07) is 113. The number of nitrogens with zero attached hydrogens (tertiary/aromatic N) is 2. The number of para-hydroxylation sites is 6. The van der Waals surface area contributed by atoms with Crippen molar-refractivity contribution in [2.45, 2.75) is 0 Å². The number of hydrogen-bond donors (Lipinski definition) is 0. The zero-order valence-corrected chi connectivity index (χ0v) is 50.5. The first-order chi connectivity index (χ1) is 46.6. The summed E-state index contributed by atoms with van der Waals surface area (Å²) in [4.78, 5) is 4.88. The Morgan fingerprint density at radius 2 is 0.606 bits per heavy atom.